The Bertz CT molecular complexity index is 385. The molecule has 0 saturated carbocycles. The maximum absolute atomic E-state index is 5.60. The first-order valence-corrected chi connectivity index (χ1v) is 7.26. The number of nitrogens with zero attached hydrogens (tertiary/aromatic N) is 3. The second-order valence-electron chi connectivity index (χ2n) is 4.98. The summed E-state index contributed by atoms with van der Waals surface area (Å²) in [5, 5.41) is 0. The van der Waals surface area contributed by atoms with Gasteiger partial charge in [-0.2, -0.15) is 4.98 Å². The molecule has 0 amide bonds. The Balaban J connectivity index is 2.03. The summed E-state index contributed by atoms with van der Waals surface area (Å²) in [6.45, 7) is 4.59. The van der Waals surface area contributed by atoms with Crippen molar-refractivity contribution in [3.63, 3.8) is 0 Å². The van der Waals surface area contributed by atoms with Gasteiger partial charge in [0.25, 0.3) is 0 Å². The van der Waals surface area contributed by atoms with Crippen molar-refractivity contribution < 1.29 is 4.74 Å². The van der Waals surface area contributed by atoms with E-state index in [-0.39, 0.29) is 0 Å². The zero-order chi connectivity index (χ0) is 13.5. The quantitative estimate of drug-likeness (QED) is 0.815. The van der Waals surface area contributed by atoms with Crippen molar-refractivity contribution in [2.75, 3.05) is 24.6 Å². The molecule has 0 spiro atoms. The molecule has 1 aromatic heterocycles. The molecule has 1 aromatic rings. The van der Waals surface area contributed by atoms with Crippen LogP contribution in [0.1, 0.15) is 39.0 Å². The number of rotatable bonds is 7. The van der Waals surface area contributed by atoms with Crippen LogP contribution in [0.5, 0.6) is 5.88 Å². The molecule has 1 aliphatic rings. The fourth-order valence-electron chi connectivity index (χ4n) is 2.54. The Morgan fingerprint density at radius 2 is 2.37 bits per heavy atom. The number of ether oxygens (including phenoxy) is 1. The Labute approximate surface area is 115 Å². The van der Waals surface area contributed by atoms with Crippen LogP contribution in [-0.4, -0.2) is 35.7 Å². The second-order valence-corrected chi connectivity index (χ2v) is 4.98. The van der Waals surface area contributed by atoms with Gasteiger partial charge in [-0.05, 0) is 38.6 Å². The average molecular weight is 264 g/mol. The van der Waals surface area contributed by atoms with E-state index in [1.807, 2.05) is 6.20 Å². The molecule has 5 nitrogen and oxygen atoms in total. The van der Waals surface area contributed by atoms with Crippen molar-refractivity contribution in [3.8, 4) is 5.88 Å². The lowest BCUT2D eigenvalue weighted by molar-refractivity contribution is 0.304. The van der Waals surface area contributed by atoms with Gasteiger partial charge in [0, 0.05) is 12.6 Å². The molecular formula is C14H24N4O. The summed E-state index contributed by atoms with van der Waals surface area (Å²) in [6.07, 6.45) is 9.15. The maximum Gasteiger partial charge on any atom is 0.234 e. The van der Waals surface area contributed by atoms with E-state index in [0.29, 0.717) is 18.5 Å². The monoisotopic (exact) mass is 264 g/mol. The van der Waals surface area contributed by atoms with Gasteiger partial charge in [0.2, 0.25) is 5.88 Å². The van der Waals surface area contributed by atoms with Crippen LogP contribution in [0.25, 0.3) is 0 Å². The number of hydrogen-bond donors (Lipinski definition) is 1. The van der Waals surface area contributed by atoms with E-state index in [0.717, 1.165) is 38.2 Å². The molecule has 0 aromatic carbocycles. The third-order valence-corrected chi connectivity index (χ3v) is 3.47. The largest absolute Gasteiger partial charge is 0.477 e. The predicted molar refractivity (Wildman–Crippen MR) is 76.5 cm³/mol. The van der Waals surface area contributed by atoms with E-state index < -0.39 is 0 Å². The lowest BCUT2D eigenvalue weighted by Crippen LogP contribution is -2.30. The fraction of sp³-hybridized carbons (Fsp3) is 0.714. The van der Waals surface area contributed by atoms with E-state index in [4.69, 9.17) is 10.5 Å². The molecule has 2 rings (SSSR count). The lowest BCUT2D eigenvalue weighted by Gasteiger charge is -2.25. The molecule has 1 fully saturated rings. The Hall–Kier alpha value is -1.36. The standard InChI is InChI=1S/C14H24N4O/c1-2-9-19-14-11-16-10-13(17-14)18-8-4-6-12(18)5-3-7-15/h10-12H,2-9,15H2,1H3. The summed E-state index contributed by atoms with van der Waals surface area (Å²) in [7, 11) is 0. The lowest BCUT2D eigenvalue weighted by atomic mass is 10.1. The molecule has 19 heavy (non-hydrogen) atoms. The highest BCUT2D eigenvalue weighted by Gasteiger charge is 2.25. The van der Waals surface area contributed by atoms with Crippen LogP contribution in [-0.2, 0) is 0 Å². The van der Waals surface area contributed by atoms with E-state index in [9.17, 15) is 0 Å². The number of nitrogens with two attached hydrogens (primary N) is 1. The van der Waals surface area contributed by atoms with E-state index in [2.05, 4.69) is 21.8 Å². The average Bonchev–Trinajstić information content (AvgIpc) is 2.91. The van der Waals surface area contributed by atoms with Gasteiger partial charge in [0.05, 0.1) is 19.0 Å². The molecule has 1 atom stereocenters. The molecule has 1 saturated heterocycles. The molecule has 2 heterocycles. The van der Waals surface area contributed by atoms with Crippen molar-refractivity contribution in [2.24, 2.45) is 5.73 Å². The molecule has 2 N–H and O–H groups in total. The van der Waals surface area contributed by atoms with E-state index in [1.54, 1.807) is 6.20 Å². The van der Waals surface area contributed by atoms with Gasteiger partial charge in [0.15, 0.2) is 5.82 Å². The minimum Gasteiger partial charge on any atom is -0.477 e. The normalized spacial score (nSPS) is 18.8. The van der Waals surface area contributed by atoms with Gasteiger partial charge in [-0.1, -0.05) is 6.92 Å². The molecule has 0 radical (unpaired) electrons. The van der Waals surface area contributed by atoms with Crippen LogP contribution in [0, 0.1) is 0 Å². The van der Waals surface area contributed by atoms with Crippen molar-refractivity contribution in [1.29, 1.82) is 0 Å². The third kappa shape index (κ3) is 3.80. The minimum absolute atomic E-state index is 0.555. The van der Waals surface area contributed by atoms with Gasteiger partial charge in [-0.3, -0.25) is 4.98 Å². The summed E-state index contributed by atoms with van der Waals surface area (Å²) in [6, 6.07) is 0.555. The minimum atomic E-state index is 0.555. The highest BCUT2D eigenvalue weighted by Crippen LogP contribution is 2.27. The predicted octanol–water partition coefficient (Wildman–Crippen LogP) is 1.97. The third-order valence-electron chi connectivity index (χ3n) is 3.47. The van der Waals surface area contributed by atoms with Gasteiger partial charge < -0.3 is 15.4 Å². The van der Waals surface area contributed by atoms with Crippen LogP contribution in [0.4, 0.5) is 5.82 Å². The van der Waals surface area contributed by atoms with Crippen LogP contribution in [0.15, 0.2) is 12.4 Å². The molecule has 106 valence electrons. The maximum atomic E-state index is 5.60. The van der Waals surface area contributed by atoms with Gasteiger partial charge in [-0.25, -0.2) is 0 Å². The SMILES string of the molecule is CCCOc1cncc(N2CCCC2CCCN)n1. The van der Waals surface area contributed by atoms with E-state index in [1.165, 1.54) is 12.8 Å². The zero-order valence-corrected chi connectivity index (χ0v) is 11.7. The van der Waals surface area contributed by atoms with Gasteiger partial charge in [-0.15, -0.1) is 0 Å². The van der Waals surface area contributed by atoms with E-state index >= 15 is 0 Å². The van der Waals surface area contributed by atoms with Gasteiger partial charge in [0.1, 0.15) is 0 Å². The molecule has 1 aliphatic heterocycles. The Morgan fingerprint density at radius 3 is 3.16 bits per heavy atom. The first-order valence-electron chi connectivity index (χ1n) is 7.26. The summed E-state index contributed by atoms with van der Waals surface area (Å²) >= 11 is 0. The number of aromatic nitrogens is 2. The first-order chi connectivity index (χ1) is 9.35. The molecular weight excluding hydrogens is 240 g/mol. The van der Waals surface area contributed by atoms with Crippen LogP contribution < -0.4 is 15.4 Å². The van der Waals surface area contributed by atoms with Crippen molar-refractivity contribution in [3.05, 3.63) is 12.4 Å². The zero-order valence-electron chi connectivity index (χ0n) is 11.7. The summed E-state index contributed by atoms with van der Waals surface area (Å²) < 4.78 is 5.55. The molecule has 5 heteroatoms. The highest BCUT2D eigenvalue weighted by atomic mass is 16.5. The molecule has 1 unspecified atom stereocenters. The molecule has 0 bridgehead atoms. The number of hydrogen-bond acceptors (Lipinski definition) is 5. The fourth-order valence-corrected chi connectivity index (χ4v) is 2.54. The Morgan fingerprint density at radius 1 is 1.47 bits per heavy atom. The summed E-state index contributed by atoms with van der Waals surface area (Å²) in [5.74, 6) is 1.57. The van der Waals surface area contributed by atoms with Crippen LogP contribution >= 0.6 is 0 Å². The molecule has 0 aliphatic carbocycles. The second kappa shape index (κ2) is 7.28. The highest BCUT2D eigenvalue weighted by molar-refractivity contribution is 5.40. The number of anilines is 1. The van der Waals surface area contributed by atoms with Gasteiger partial charge >= 0.3 is 0 Å². The van der Waals surface area contributed by atoms with Crippen molar-refractivity contribution in [1.82, 2.24) is 9.97 Å². The van der Waals surface area contributed by atoms with Crippen LogP contribution in [0.3, 0.4) is 0 Å². The summed E-state index contributed by atoms with van der Waals surface area (Å²) in [4.78, 5) is 11.2. The topological polar surface area (TPSA) is 64.3 Å². The summed E-state index contributed by atoms with van der Waals surface area (Å²) in [5.41, 5.74) is 5.60. The van der Waals surface area contributed by atoms with Crippen LogP contribution in [0.2, 0.25) is 0 Å². The smallest absolute Gasteiger partial charge is 0.234 e. The first kappa shape index (κ1) is 14.1. The Kier molecular flexibility index (Phi) is 5.39. The van der Waals surface area contributed by atoms with Crippen molar-refractivity contribution >= 4 is 5.82 Å². The van der Waals surface area contributed by atoms with Crippen molar-refractivity contribution in [2.45, 2.75) is 45.1 Å².